The van der Waals surface area contributed by atoms with Crippen LogP contribution < -0.4 is 11.1 Å². The Morgan fingerprint density at radius 2 is 2.25 bits per heavy atom. The van der Waals surface area contributed by atoms with Crippen molar-refractivity contribution in [3.8, 4) is 0 Å². The van der Waals surface area contributed by atoms with Crippen molar-refractivity contribution in [3.63, 3.8) is 0 Å². The summed E-state index contributed by atoms with van der Waals surface area (Å²) in [4.78, 5) is 11.5. The molecule has 0 saturated heterocycles. The first kappa shape index (κ1) is 12.9. The Bertz CT molecular complexity index is 353. The maximum absolute atomic E-state index is 11.5. The van der Waals surface area contributed by atoms with E-state index in [9.17, 15) is 4.79 Å². The van der Waals surface area contributed by atoms with E-state index in [0.29, 0.717) is 17.4 Å². The summed E-state index contributed by atoms with van der Waals surface area (Å²) in [5.41, 5.74) is 7.04. The Morgan fingerprint density at radius 1 is 1.50 bits per heavy atom. The lowest BCUT2D eigenvalue weighted by Crippen LogP contribution is -2.14. The number of carbonyl (C=O) groups is 1. The Morgan fingerprint density at radius 3 is 2.88 bits per heavy atom. The van der Waals surface area contributed by atoms with E-state index >= 15 is 0 Å². The number of carbonyl (C=O) groups excluding carboxylic acids is 1. The number of benzene rings is 1. The van der Waals surface area contributed by atoms with E-state index in [4.69, 9.17) is 5.73 Å². The molecule has 0 aliphatic carbocycles. The highest BCUT2D eigenvalue weighted by atomic mass is 32.2. The fraction of sp³-hybridized carbons (Fsp3) is 0.417. The first-order chi connectivity index (χ1) is 7.58. The van der Waals surface area contributed by atoms with Crippen molar-refractivity contribution < 1.29 is 4.79 Å². The Balaban J connectivity index is 2.34. The number of hydrogen-bond acceptors (Lipinski definition) is 3. The van der Waals surface area contributed by atoms with Crippen LogP contribution in [0.1, 0.15) is 13.8 Å². The molecule has 1 rings (SSSR count). The van der Waals surface area contributed by atoms with Gasteiger partial charge in [0.25, 0.3) is 0 Å². The highest BCUT2D eigenvalue weighted by Gasteiger charge is 2.03. The zero-order valence-corrected chi connectivity index (χ0v) is 10.5. The van der Waals surface area contributed by atoms with Crippen LogP contribution in [0.2, 0.25) is 0 Å². The molecule has 0 aliphatic rings. The lowest BCUT2D eigenvalue weighted by molar-refractivity contribution is -0.113. The molecule has 0 fully saturated rings. The summed E-state index contributed by atoms with van der Waals surface area (Å²) in [5.74, 6) is 2.14. The third kappa shape index (κ3) is 5.07. The lowest BCUT2D eigenvalue weighted by atomic mass is 10.3. The average molecular weight is 238 g/mol. The van der Waals surface area contributed by atoms with Gasteiger partial charge in [-0.25, -0.2) is 0 Å². The van der Waals surface area contributed by atoms with Gasteiger partial charge in [0.2, 0.25) is 5.91 Å². The number of amides is 1. The van der Waals surface area contributed by atoms with Crippen LogP contribution in [-0.2, 0) is 4.79 Å². The van der Waals surface area contributed by atoms with Gasteiger partial charge in [0.05, 0.1) is 5.75 Å². The molecule has 3 N–H and O–H groups in total. The van der Waals surface area contributed by atoms with Crippen molar-refractivity contribution >= 4 is 29.0 Å². The standard InChI is InChI=1S/C12H18N2OS/c1-9(2)7-16-8-12(15)14-11-5-3-4-10(13)6-11/h3-6,9H,7-8,13H2,1-2H3,(H,14,15). The second-order valence-electron chi connectivity index (χ2n) is 4.08. The molecule has 1 amide bonds. The Hall–Kier alpha value is -1.16. The number of anilines is 2. The molecule has 1 aromatic carbocycles. The van der Waals surface area contributed by atoms with Crippen LogP contribution in [0.3, 0.4) is 0 Å². The van der Waals surface area contributed by atoms with Gasteiger partial charge in [-0.15, -0.1) is 0 Å². The van der Waals surface area contributed by atoms with E-state index in [1.165, 1.54) is 0 Å². The number of nitrogen functional groups attached to an aromatic ring is 1. The van der Waals surface area contributed by atoms with Crippen LogP contribution in [0.5, 0.6) is 0 Å². The number of thioether (sulfide) groups is 1. The average Bonchev–Trinajstić information content (AvgIpc) is 2.16. The molecular weight excluding hydrogens is 220 g/mol. The van der Waals surface area contributed by atoms with Gasteiger partial charge in [-0.3, -0.25) is 4.79 Å². The third-order valence-electron chi connectivity index (χ3n) is 1.85. The smallest absolute Gasteiger partial charge is 0.234 e. The quantitative estimate of drug-likeness (QED) is 0.775. The molecular formula is C12H18N2OS. The Labute approximate surface area is 101 Å². The maximum atomic E-state index is 11.5. The van der Waals surface area contributed by atoms with Gasteiger partial charge in [0.15, 0.2) is 0 Å². The first-order valence-corrected chi connectivity index (χ1v) is 6.46. The van der Waals surface area contributed by atoms with E-state index in [-0.39, 0.29) is 5.91 Å². The fourth-order valence-electron chi connectivity index (χ4n) is 1.20. The van der Waals surface area contributed by atoms with E-state index in [0.717, 1.165) is 11.4 Å². The zero-order chi connectivity index (χ0) is 12.0. The SMILES string of the molecule is CC(C)CSCC(=O)Nc1cccc(N)c1. The summed E-state index contributed by atoms with van der Waals surface area (Å²) in [6, 6.07) is 7.21. The second kappa shape index (κ2) is 6.43. The molecule has 0 spiro atoms. The molecule has 4 heteroatoms. The van der Waals surface area contributed by atoms with Gasteiger partial charge in [-0.2, -0.15) is 11.8 Å². The summed E-state index contributed by atoms with van der Waals surface area (Å²) < 4.78 is 0. The molecule has 3 nitrogen and oxygen atoms in total. The molecule has 0 saturated carbocycles. The van der Waals surface area contributed by atoms with Crippen LogP contribution >= 0.6 is 11.8 Å². The fourth-order valence-corrected chi connectivity index (χ4v) is 2.05. The van der Waals surface area contributed by atoms with Gasteiger partial charge >= 0.3 is 0 Å². The summed E-state index contributed by atoms with van der Waals surface area (Å²) in [7, 11) is 0. The largest absolute Gasteiger partial charge is 0.399 e. The number of hydrogen-bond donors (Lipinski definition) is 2. The van der Waals surface area contributed by atoms with Crippen molar-refractivity contribution in [1.29, 1.82) is 0 Å². The van der Waals surface area contributed by atoms with Crippen molar-refractivity contribution in [2.45, 2.75) is 13.8 Å². The highest BCUT2D eigenvalue weighted by molar-refractivity contribution is 7.99. The number of nitrogens with two attached hydrogens (primary N) is 1. The van der Waals surface area contributed by atoms with Crippen LogP contribution in [0.4, 0.5) is 11.4 Å². The molecule has 0 atom stereocenters. The van der Waals surface area contributed by atoms with Crippen molar-refractivity contribution in [2.24, 2.45) is 5.92 Å². The maximum Gasteiger partial charge on any atom is 0.234 e. The summed E-state index contributed by atoms with van der Waals surface area (Å²) in [5, 5.41) is 2.82. The molecule has 0 heterocycles. The molecule has 0 radical (unpaired) electrons. The zero-order valence-electron chi connectivity index (χ0n) is 9.69. The second-order valence-corrected chi connectivity index (χ2v) is 5.11. The van der Waals surface area contributed by atoms with Gasteiger partial charge in [0.1, 0.15) is 0 Å². The summed E-state index contributed by atoms with van der Waals surface area (Å²) >= 11 is 1.65. The molecule has 0 unspecified atom stereocenters. The van der Waals surface area contributed by atoms with Gasteiger partial charge < -0.3 is 11.1 Å². The molecule has 0 bridgehead atoms. The molecule has 0 aliphatic heterocycles. The predicted octanol–water partition coefficient (Wildman–Crippen LogP) is 2.60. The minimum atomic E-state index is 0.0243. The van der Waals surface area contributed by atoms with Crippen LogP contribution in [-0.4, -0.2) is 17.4 Å². The summed E-state index contributed by atoms with van der Waals surface area (Å²) in [6.45, 7) is 4.28. The van der Waals surface area contributed by atoms with Crippen LogP contribution in [0, 0.1) is 5.92 Å². The van der Waals surface area contributed by atoms with Gasteiger partial charge in [-0.1, -0.05) is 19.9 Å². The normalized spacial score (nSPS) is 10.4. The monoisotopic (exact) mass is 238 g/mol. The Kier molecular flexibility index (Phi) is 5.19. The van der Waals surface area contributed by atoms with E-state index in [1.807, 2.05) is 12.1 Å². The topological polar surface area (TPSA) is 55.1 Å². The van der Waals surface area contributed by atoms with Crippen LogP contribution in [0.15, 0.2) is 24.3 Å². The molecule has 88 valence electrons. The highest BCUT2D eigenvalue weighted by Crippen LogP contribution is 2.13. The van der Waals surface area contributed by atoms with E-state index in [1.54, 1.807) is 23.9 Å². The van der Waals surface area contributed by atoms with E-state index < -0.39 is 0 Å². The van der Waals surface area contributed by atoms with E-state index in [2.05, 4.69) is 19.2 Å². The lowest BCUT2D eigenvalue weighted by Gasteiger charge is -2.06. The van der Waals surface area contributed by atoms with Crippen molar-refractivity contribution in [2.75, 3.05) is 22.6 Å². The predicted molar refractivity (Wildman–Crippen MR) is 71.6 cm³/mol. The number of rotatable bonds is 5. The first-order valence-electron chi connectivity index (χ1n) is 5.31. The molecule has 1 aromatic rings. The van der Waals surface area contributed by atoms with Crippen LogP contribution in [0.25, 0.3) is 0 Å². The van der Waals surface area contributed by atoms with Crippen molar-refractivity contribution in [3.05, 3.63) is 24.3 Å². The number of nitrogens with one attached hydrogen (secondary N) is 1. The van der Waals surface area contributed by atoms with Gasteiger partial charge in [0, 0.05) is 11.4 Å². The minimum absolute atomic E-state index is 0.0243. The van der Waals surface area contributed by atoms with Gasteiger partial charge in [-0.05, 0) is 29.9 Å². The molecule has 16 heavy (non-hydrogen) atoms. The third-order valence-corrected chi connectivity index (χ3v) is 3.22. The minimum Gasteiger partial charge on any atom is -0.399 e. The molecule has 0 aromatic heterocycles. The van der Waals surface area contributed by atoms with Crippen molar-refractivity contribution in [1.82, 2.24) is 0 Å². The summed E-state index contributed by atoms with van der Waals surface area (Å²) in [6.07, 6.45) is 0.